The van der Waals surface area contributed by atoms with Crippen molar-refractivity contribution in [2.75, 3.05) is 26.7 Å². The molecule has 3 rings (SSSR count). The first kappa shape index (κ1) is 20.2. The van der Waals surface area contributed by atoms with Crippen molar-refractivity contribution < 1.29 is 4.74 Å². The molecule has 0 radical (unpaired) electrons. The molecule has 1 aliphatic rings. The van der Waals surface area contributed by atoms with Gasteiger partial charge in [-0.25, -0.2) is 4.99 Å². The van der Waals surface area contributed by atoms with E-state index in [1.165, 1.54) is 37.1 Å². The van der Waals surface area contributed by atoms with Gasteiger partial charge >= 0.3 is 0 Å². The van der Waals surface area contributed by atoms with Crippen molar-refractivity contribution in [3.63, 3.8) is 0 Å². The van der Waals surface area contributed by atoms with Gasteiger partial charge in [-0.1, -0.05) is 36.4 Å². The van der Waals surface area contributed by atoms with Crippen LogP contribution in [-0.2, 0) is 19.6 Å². The van der Waals surface area contributed by atoms with E-state index in [9.17, 15) is 0 Å². The largest absolute Gasteiger partial charge is 0.497 e. The summed E-state index contributed by atoms with van der Waals surface area (Å²) in [5, 5.41) is 6.74. The number of guanidine groups is 1. The van der Waals surface area contributed by atoms with Crippen molar-refractivity contribution in [2.24, 2.45) is 4.99 Å². The topological polar surface area (TPSA) is 48.9 Å². The van der Waals surface area contributed by atoms with Gasteiger partial charge in [-0.3, -0.25) is 4.90 Å². The molecule has 5 heteroatoms. The van der Waals surface area contributed by atoms with Crippen LogP contribution < -0.4 is 15.4 Å². The van der Waals surface area contributed by atoms with Crippen molar-refractivity contribution in [1.29, 1.82) is 0 Å². The minimum atomic E-state index is 0.633. The zero-order valence-corrected chi connectivity index (χ0v) is 17.1. The van der Waals surface area contributed by atoms with E-state index >= 15 is 0 Å². The van der Waals surface area contributed by atoms with Gasteiger partial charge in [0.05, 0.1) is 13.7 Å². The van der Waals surface area contributed by atoms with Crippen LogP contribution in [0.5, 0.6) is 5.75 Å². The maximum atomic E-state index is 5.20. The van der Waals surface area contributed by atoms with Crippen LogP contribution in [0.1, 0.15) is 36.5 Å². The highest BCUT2D eigenvalue weighted by atomic mass is 16.5. The summed E-state index contributed by atoms with van der Waals surface area (Å²) in [4.78, 5) is 7.22. The summed E-state index contributed by atoms with van der Waals surface area (Å²) in [7, 11) is 1.68. The van der Waals surface area contributed by atoms with E-state index in [4.69, 9.17) is 4.74 Å². The summed E-state index contributed by atoms with van der Waals surface area (Å²) >= 11 is 0. The fourth-order valence-electron chi connectivity index (χ4n) is 3.39. The van der Waals surface area contributed by atoms with Gasteiger partial charge in [0.1, 0.15) is 5.75 Å². The monoisotopic (exact) mass is 380 g/mol. The van der Waals surface area contributed by atoms with Crippen molar-refractivity contribution in [3.05, 3.63) is 65.2 Å². The van der Waals surface area contributed by atoms with Crippen molar-refractivity contribution in [2.45, 2.75) is 39.4 Å². The van der Waals surface area contributed by atoms with Crippen LogP contribution in [0.25, 0.3) is 0 Å². The molecule has 0 amide bonds. The fourth-order valence-corrected chi connectivity index (χ4v) is 3.39. The smallest absolute Gasteiger partial charge is 0.191 e. The Morgan fingerprint density at radius 2 is 1.57 bits per heavy atom. The van der Waals surface area contributed by atoms with Gasteiger partial charge in [-0.05, 0) is 61.7 Å². The van der Waals surface area contributed by atoms with Crippen LogP contribution in [0, 0.1) is 0 Å². The Morgan fingerprint density at radius 1 is 0.929 bits per heavy atom. The molecule has 1 fully saturated rings. The Balaban J connectivity index is 1.51. The lowest BCUT2D eigenvalue weighted by atomic mass is 10.1. The Morgan fingerprint density at radius 3 is 2.21 bits per heavy atom. The van der Waals surface area contributed by atoms with Crippen LogP contribution in [0.4, 0.5) is 0 Å². The number of ether oxygens (including phenoxy) is 1. The molecule has 1 saturated heterocycles. The van der Waals surface area contributed by atoms with Gasteiger partial charge < -0.3 is 15.4 Å². The van der Waals surface area contributed by atoms with Gasteiger partial charge in [0.15, 0.2) is 5.96 Å². The average molecular weight is 381 g/mol. The number of benzene rings is 2. The number of aliphatic imine (C=N–C) groups is 1. The molecule has 5 nitrogen and oxygen atoms in total. The van der Waals surface area contributed by atoms with Crippen LogP contribution >= 0.6 is 0 Å². The lowest BCUT2D eigenvalue weighted by Gasteiger charge is -2.15. The third-order valence-electron chi connectivity index (χ3n) is 5.01. The van der Waals surface area contributed by atoms with Crippen molar-refractivity contribution in [1.82, 2.24) is 15.5 Å². The minimum Gasteiger partial charge on any atom is -0.497 e. The first-order valence-corrected chi connectivity index (χ1v) is 10.2. The molecule has 28 heavy (non-hydrogen) atoms. The Bertz CT molecular complexity index is 734. The summed E-state index contributed by atoms with van der Waals surface area (Å²) in [5.74, 6) is 1.70. The second-order valence-electron chi connectivity index (χ2n) is 7.20. The van der Waals surface area contributed by atoms with Gasteiger partial charge in [-0.2, -0.15) is 0 Å². The summed E-state index contributed by atoms with van der Waals surface area (Å²) in [5.41, 5.74) is 3.82. The number of likely N-dealkylation sites (tertiary alicyclic amines) is 1. The lowest BCUT2D eigenvalue weighted by Crippen LogP contribution is -2.36. The van der Waals surface area contributed by atoms with E-state index in [1.807, 2.05) is 24.3 Å². The molecule has 2 aromatic carbocycles. The van der Waals surface area contributed by atoms with Crippen LogP contribution in [-0.4, -0.2) is 37.6 Å². The molecule has 0 atom stereocenters. The fraction of sp³-hybridized carbons (Fsp3) is 0.435. The maximum absolute atomic E-state index is 5.20. The predicted octanol–water partition coefficient (Wildman–Crippen LogP) is 3.55. The standard InChI is InChI=1S/C23H32N4O/c1-3-24-23(26-17-20-10-12-22(28-2)13-11-20)25-16-19-6-8-21(9-7-19)18-27-14-4-5-15-27/h6-13H,3-5,14-18H2,1-2H3,(H2,24,25,26). The van der Waals surface area contributed by atoms with Gasteiger partial charge in [0.2, 0.25) is 0 Å². The second kappa shape index (κ2) is 10.7. The third kappa shape index (κ3) is 6.27. The maximum Gasteiger partial charge on any atom is 0.191 e. The molecule has 0 spiro atoms. The van der Waals surface area contributed by atoms with Gasteiger partial charge in [0.25, 0.3) is 0 Å². The van der Waals surface area contributed by atoms with E-state index in [0.29, 0.717) is 6.54 Å². The van der Waals surface area contributed by atoms with Gasteiger partial charge in [-0.15, -0.1) is 0 Å². The Hall–Kier alpha value is -2.53. The SMILES string of the molecule is CCNC(=NCc1ccc(OC)cc1)NCc1ccc(CN2CCCC2)cc1. The number of rotatable bonds is 8. The molecular weight excluding hydrogens is 348 g/mol. The first-order chi connectivity index (χ1) is 13.8. The van der Waals surface area contributed by atoms with E-state index in [1.54, 1.807) is 7.11 Å². The molecule has 2 aromatic rings. The van der Waals surface area contributed by atoms with Crippen molar-refractivity contribution in [3.8, 4) is 5.75 Å². The molecule has 0 unspecified atom stereocenters. The summed E-state index contributed by atoms with van der Waals surface area (Å²) in [6.07, 6.45) is 2.68. The number of hydrogen-bond donors (Lipinski definition) is 2. The molecule has 0 saturated carbocycles. The molecule has 0 aliphatic carbocycles. The van der Waals surface area contributed by atoms with Gasteiger partial charge in [0, 0.05) is 19.6 Å². The molecular formula is C23H32N4O. The molecule has 0 aromatic heterocycles. The third-order valence-corrected chi connectivity index (χ3v) is 5.01. The summed E-state index contributed by atoms with van der Waals surface area (Å²) < 4.78 is 5.20. The number of nitrogens with one attached hydrogen (secondary N) is 2. The number of methoxy groups -OCH3 is 1. The highest BCUT2D eigenvalue weighted by Gasteiger charge is 2.11. The summed E-state index contributed by atoms with van der Waals surface area (Å²) in [6, 6.07) is 16.9. The zero-order valence-electron chi connectivity index (χ0n) is 17.1. The number of hydrogen-bond acceptors (Lipinski definition) is 3. The predicted molar refractivity (Wildman–Crippen MR) is 116 cm³/mol. The second-order valence-corrected chi connectivity index (χ2v) is 7.20. The van der Waals surface area contributed by atoms with Crippen LogP contribution in [0.15, 0.2) is 53.5 Å². The number of nitrogens with zero attached hydrogens (tertiary/aromatic N) is 2. The average Bonchev–Trinajstić information content (AvgIpc) is 3.24. The minimum absolute atomic E-state index is 0.633. The molecule has 2 N–H and O–H groups in total. The quantitative estimate of drug-likeness (QED) is 0.543. The molecule has 150 valence electrons. The molecule has 1 aliphatic heterocycles. The van der Waals surface area contributed by atoms with E-state index in [2.05, 4.69) is 51.7 Å². The highest BCUT2D eigenvalue weighted by Crippen LogP contribution is 2.14. The van der Waals surface area contributed by atoms with E-state index < -0.39 is 0 Å². The summed E-state index contributed by atoms with van der Waals surface area (Å²) in [6.45, 7) is 7.85. The van der Waals surface area contributed by atoms with E-state index in [0.717, 1.165) is 36.9 Å². The highest BCUT2D eigenvalue weighted by molar-refractivity contribution is 5.79. The zero-order chi connectivity index (χ0) is 19.6. The normalized spacial score (nSPS) is 14.9. The molecule has 1 heterocycles. The molecule has 0 bridgehead atoms. The van der Waals surface area contributed by atoms with Crippen LogP contribution in [0.2, 0.25) is 0 Å². The van der Waals surface area contributed by atoms with E-state index in [-0.39, 0.29) is 0 Å². The lowest BCUT2D eigenvalue weighted by molar-refractivity contribution is 0.331. The Labute approximate surface area is 168 Å². The van der Waals surface area contributed by atoms with Crippen LogP contribution in [0.3, 0.4) is 0 Å². The Kier molecular flexibility index (Phi) is 7.73. The van der Waals surface area contributed by atoms with Crippen molar-refractivity contribution >= 4 is 5.96 Å². The first-order valence-electron chi connectivity index (χ1n) is 10.2.